The average Bonchev–Trinajstić information content (AvgIpc) is 2.73. The van der Waals surface area contributed by atoms with E-state index < -0.39 is 19.0 Å². The van der Waals surface area contributed by atoms with Gasteiger partial charge in [0.1, 0.15) is 4.83 Å². The van der Waals surface area contributed by atoms with Gasteiger partial charge in [0, 0.05) is 0 Å². The molecular weight excluding hydrogens is 296 g/mol. The van der Waals surface area contributed by atoms with Crippen LogP contribution in [-0.2, 0) is 0 Å². The van der Waals surface area contributed by atoms with Crippen LogP contribution in [-0.4, -0.2) is 28.9 Å². The van der Waals surface area contributed by atoms with Gasteiger partial charge in [0.15, 0.2) is 6.61 Å². The van der Waals surface area contributed by atoms with Crippen LogP contribution in [0, 0.1) is 0 Å². The first-order valence-electron chi connectivity index (χ1n) is 4.59. The number of thiophene rings is 1. The molecule has 9 heteroatoms. The van der Waals surface area contributed by atoms with E-state index in [1.165, 1.54) is 17.4 Å². The molecule has 0 bridgehead atoms. The topological polar surface area (TPSA) is 35.0 Å². The predicted molar refractivity (Wildman–Crippen MR) is 58.9 cm³/mol. The number of fused-ring (bicyclic) bond motifs is 1. The van der Waals surface area contributed by atoms with Crippen LogP contribution in [0.2, 0.25) is 5.28 Å². The van der Waals surface area contributed by atoms with Crippen LogP contribution < -0.4 is 4.74 Å². The molecule has 0 saturated heterocycles. The first-order valence-corrected chi connectivity index (χ1v) is 5.85. The zero-order valence-electron chi connectivity index (χ0n) is 8.54. The molecule has 3 nitrogen and oxygen atoms in total. The smallest absolute Gasteiger partial charge is 0.340 e. The van der Waals surface area contributed by atoms with Gasteiger partial charge in [0.25, 0.3) is 0 Å². The van der Waals surface area contributed by atoms with Gasteiger partial charge >= 0.3 is 12.3 Å². The summed E-state index contributed by atoms with van der Waals surface area (Å²) < 4.78 is 54.0. The van der Waals surface area contributed by atoms with Crippen LogP contribution in [0.5, 0.6) is 5.88 Å². The van der Waals surface area contributed by atoms with Gasteiger partial charge < -0.3 is 4.74 Å². The lowest BCUT2D eigenvalue weighted by atomic mass is 10.3. The minimum atomic E-state index is -4.24. The molecule has 0 amide bonds. The van der Waals surface area contributed by atoms with Gasteiger partial charge in [-0.05, 0) is 23.0 Å². The predicted octanol–water partition coefficient (Wildman–Crippen LogP) is 3.62. The summed E-state index contributed by atoms with van der Waals surface area (Å²) in [5.41, 5.74) is 0. The molecule has 0 aliphatic heterocycles. The molecule has 0 radical (unpaired) electrons. The average molecular weight is 301 g/mol. The Morgan fingerprint density at radius 1 is 1.39 bits per heavy atom. The zero-order chi connectivity index (χ0) is 13.3. The fraction of sp³-hybridized carbons (Fsp3) is 0.333. The molecule has 0 fully saturated rings. The summed E-state index contributed by atoms with van der Waals surface area (Å²) in [6.07, 6.45) is -3.80. The molecule has 0 aliphatic rings. The second kappa shape index (κ2) is 4.85. The highest BCUT2D eigenvalue weighted by molar-refractivity contribution is 7.16. The molecular formula is C9H5ClF4N2OS. The second-order valence-electron chi connectivity index (χ2n) is 3.29. The Balaban J connectivity index is 2.24. The largest absolute Gasteiger partial charge is 0.470 e. The fourth-order valence-electron chi connectivity index (χ4n) is 1.14. The molecule has 98 valence electrons. The van der Waals surface area contributed by atoms with Crippen molar-refractivity contribution in [2.45, 2.75) is 12.3 Å². The Morgan fingerprint density at radius 2 is 2.11 bits per heavy atom. The summed E-state index contributed by atoms with van der Waals surface area (Å²) in [5.74, 6) is -4.47. The number of nitrogens with zero attached hydrogens (tertiary/aromatic N) is 2. The highest BCUT2D eigenvalue weighted by Crippen LogP contribution is 2.30. The number of aromatic nitrogens is 2. The van der Waals surface area contributed by atoms with E-state index >= 15 is 0 Å². The minimum Gasteiger partial charge on any atom is -0.470 e. The van der Waals surface area contributed by atoms with Crippen molar-refractivity contribution in [2.75, 3.05) is 6.61 Å². The number of hydrogen-bond acceptors (Lipinski definition) is 4. The molecule has 0 atom stereocenters. The van der Waals surface area contributed by atoms with Gasteiger partial charge in [0.2, 0.25) is 11.2 Å². The molecule has 0 unspecified atom stereocenters. The Labute approximate surface area is 107 Å². The Morgan fingerprint density at radius 3 is 2.78 bits per heavy atom. The molecule has 0 aliphatic carbocycles. The van der Waals surface area contributed by atoms with Crippen molar-refractivity contribution in [2.24, 2.45) is 0 Å². The van der Waals surface area contributed by atoms with E-state index in [1.54, 1.807) is 5.38 Å². The highest BCUT2D eigenvalue weighted by Gasteiger charge is 2.42. The highest BCUT2D eigenvalue weighted by atomic mass is 35.5. The Hall–Kier alpha value is -1.15. The van der Waals surface area contributed by atoms with Gasteiger partial charge in [-0.15, -0.1) is 11.3 Å². The molecule has 18 heavy (non-hydrogen) atoms. The molecule has 0 saturated carbocycles. The summed E-state index contributed by atoms with van der Waals surface area (Å²) in [7, 11) is 0. The monoisotopic (exact) mass is 300 g/mol. The first kappa shape index (κ1) is 13.3. The molecule has 2 aromatic heterocycles. The molecule has 2 aromatic rings. The van der Waals surface area contributed by atoms with Gasteiger partial charge in [-0.25, -0.2) is 13.8 Å². The maximum Gasteiger partial charge on any atom is 0.340 e. The maximum absolute atomic E-state index is 12.7. The summed E-state index contributed by atoms with van der Waals surface area (Å²) >= 11 is 6.77. The van der Waals surface area contributed by atoms with E-state index in [2.05, 4.69) is 14.7 Å². The van der Waals surface area contributed by atoms with Crippen LogP contribution in [0.4, 0.5) is 17.6 Å². The van der Waals surface area contributed by atoms with E-state index in [-0.39, 0.29) is 11.2 Å². The van der Waals surface area contributed by atoms with Crippen LogP contribution >= 0.6 is 22.9 Å². The van der Waals surface area contributed by atoms with Crippen LogP contribution in [0.1, 0.15) is 0 Å². The maximum atomic E-state index is 12.7. The van der Waals surface area contributed by atoms with Gasteiger partial charge in [0.05, 0.1) is 5.39 Å². The van der Waals surface area contributed by atoms with Crippen LogP contribution in [0.25, 0.3) is 10.2 Å². The van der Waals surface area contributed by atoms with Gasteiger partial charge in [-0.3, -0.25) is 0 Å². The number of rotatable bonds is 4. The number of alkyl halides is 4. The lowest BCUT2D eigenvalue weighted by Crippen LogP contribution is -2.33. The van der Waals surface area contributed by atoms with Crippen molar-refractivity contribution in [1.82, 2.24) is 9.97 Å². The van der Waals surface area contributed by atoms with E-state index in [4.69, 9.17) is 11.6 Å². The molecule has 0 N–H and O–H groups in total. The van der Waals surface area contributed by atoms with Crippen molar-refractivity contribution in [3.63, 3.8) is 0 Å². The van der Waals surface area contributed by atoms with Gasteiger partial charge in [-0.1, -0.05) is 0 Å². The van der Waals surface area contributed by atoms with Crippen molar-refractivity contribution >= 4 is 33.2 Å². The third kappa shape index (κ3) is 2.64. The SMILES string of the molecule is FC(F)C(F)(F)COc1nc(Cl)nc2sccc12. The lowest BCUT2D eigenvalue weighted by Gasteiger charge is -2.15. The fourth-order valence-corrected chi connectivity index (χ4v) is 2.11. The zero-order valence-corrected chi connectivity index (χ0v) is 10.1. The Bertz CT molecular complexity index is 562. The van der Waals surface area contributed by atoms with Crippen molar-refractivity contribution in [3.8, 4) is 5.88 Å². The molecule has 2 heterocycles. The number of halogens is 5. The second-order valence-corrected chi connectivity index (χ2v) is 4.52. The number of ether oxygens (including phenoxy) is 1. The summed E-state index contributed by atoms with van der Waals surface area (Å²) in [5, 5.41) is 1.79. The van der Waals surface area contributed by atoms with E-state index in [0.29, 0.717) is 10.2 Å². The summed E-state index contributed by atoms with van der Waals surface area (Å²) in [4.78, 5) is 7.87. The van der Waals surface area contributed by atoms with E-state index in [1.807, 2.05) is 0 Å². The normalized spacial score (nSPS) is 12.3. The molecule has 0 spiro atoms. The van der Waals surface area contributed by atoms with Crippen molar-refractivity contribution < 1.29 is 22.3 Å². The number of hydrogen-bond donors (Lipinski definition) is 0. The quantitative estimate of drug-likeness (QED) is 0.639. The third-order valence-electron chi connectivity index (χ3n) is 1.98. The third-order valence-corrected chi connectivity index (χ3v) is 2.96. The van der Waals surface area contributed by atoms with Crippen LogP contribution in [0.3, 0.4) is 0 Å². The van der Waals surface area contributed by atoms with Crippen molar-refractivity contribution in [1.29, 1.82) is 0 Å². The van der Waals surface area contributed by atoms with Crippen molar-refractivity contribution in [3.05, 3.63) is 16.7 Å². The van der Waals surface area contributed by atoms with Crippen LogP contribution in [0.15, 0.2) is 11.4 Å². The van der Waals surface area contributed by atoms with E-state index in [0.717, 1.165) is 0 Å². The summed E-state index contributed by atoms with van der Waals surface area (Å²) in [6, 6.07) is 1.53. The minimum absolute atomic E-state index is 0.194. The van der Waals surface area contributed by atoms with Gasteiger partial charge in [-0.2, -0.15) is 13.8 Å². The molecule has 2 rings (SSSR count). The van der Waals surface area contributed by atoms with E-state index in [9.17, 15) is 17.6 Å². The molecule has 0 aromatic carbocycles. The lowest BCUT2D eigenvalue weighted by molar-refractivity contribution is -0.148. The summed E-state index contributed by atoms with van der Waals surface area (Å²) in [6.45, 7) is -1.47. The standard InChI is InChI=1S/C9H5ClF4N2OS/c10-8-15-5(4-1-2-18-6(4)16-8)17-3-9(13,14)7(11)12/h1-2,7H,3H2. The Kier molecular flexibility index (Phi) is 3.58. The first-order chi connectivity index (χ1) is 8.40.